The minimum absolute atomic E-state index is 0.661. The Morgan fingerprint density at radius 1 is 1.39 bits per heavy atom. The average Bonchev–Trinajstić information content (AvgIpc) is 2.93. The van der Waals surface area contributed by atoms with Crippen LogP contribution in [0.3, 0.4) is 0 Å². The van der Waals surface area contributed by atoms with Crippen molar-refractivity contribution in [1.82, 2.24) is 14.6 Å². The fourth-order valence-corrected chi connectivity index (χ4v) is 3.15. The Labute approximate surface area is 117 Å². The quantitative estimate of drug-likeness (QED) is 0.802. The van der Waals surface area contributed by atoms with Crippen LogP contribution in [0.25, 0.3) is 5.65 Å². The van der Waals surface area contributed by atoms with Crippen LogP contribution in [0.5, 0.6) is 0 Å². The first-order chi connectivity index (χ1) is 8.72. The summed E-state index contributed by atoms with van der Waals surface area (Å²) in [6.07, 6.45) is 1.91. The Morgan fingerprint density at radius 3 is 3.00 bits per heavy atom. The highest BCUT2D eigenvalue weighted by Gasteiger charge is 2.05. The average molecular weight is 323 g/mol. The lowest BCUT2D eigenvalue weighted by atomic mass is 10.3. The Bertz CT molecular complexity index is 688. The van der Waals surface area contributed by atoms with Crippen LogP contribution in [-0.2, 0) is 6.54 Å². The molecule has 6 heteroatoms. The van der Waals surface area contributed by atoms with Gasteiger partial charge in [0, 0.05) is 11.1 Å². The van der Waals surface area contributed by atoms with Crippen LogP contribution in [0.15, 0.2) is 34.2 Å². The first kappa shape index (κ1) is 11.7. The SMILES string of the molecule is Cc1cccn2nc(NCc3ccc(Br)s3)nc12. The van der Waals surface area contributed by atoms with Crippen molar-refractivity contribution in [3.63, 3.8) is 0 Å². The van der Waals surface area contributed by atoms with Gasteiger partial charge in [-0.3, -0.25) is 0 Å². The Hall–Kier alpha value is -1.40. The predicted molar refractivity (Wildman–Crippen MR) is 77.1 cm³/mol. The van der Waals surface area contributed by atoms with Crippen LogP contribution in [0, 0.1) is 6.92 Å². The normalized spacial score (nSPS) is 11.0. The van der Waals surface area contributed by atoms with Gasteiger partial charge in [-0.1, -0.05) is 6.07 Å². The van der Waals surface area contributed by atoms with E-state index in [0.29, 0.717) is 5.95 Å². The lowest BCUT2D eigenvalue weighted by Crippen LogP contribution is -1.99. The largest absolute Gasteiger partial charge is 0.348 e. The molecule has 3 rings (SSSR count). The van der Waals surface area contributed by atoms with Gasteiger partial charge >= 0.3 is 0 Å². The number of pyridine rings is 1. The molecule has 3 aromatic heterocycles. The molecule has 0 fully saturated rings. The lowest BCUT2D eigenvalue weighted by Gasteiger charge is -1.97. The minimum atomic E-state index is 0.661. The van der Waals surface area contributed by atoms with Gasteiger partial charge in [-0.25, -0.2) is 4.52 Å². The molecule has 0 atom stereocenters. The van der Waals surface area contributed by atoms with Crippen molar-refractivity contribution in [3.05, 3.63) is 44.7 Å². The number of hydrogen-bond acceptors (Lipinski definition) is 4. The molecule has 0 aliphatic heterocycles. The van der Waals surface area contributed by atoms with Gasteiger partial charge in [0.25, 0.3) is 0 Å². The molecule has 92 valence electrons. The van der Waals surface area contributed by atoms with Crippen LogP contribution in [0.2, 0.25) is 0 Å². The number of rotatable bonds is 3. The molecule has 0 radical (unpaired) electrons. The number of nitrogens with one attached hydrogen (secondary N) is 1. The third kappa shape index (κ3) is 2.26. The number of anilines is 1. The summed E-state index contributed by atoms with van der Waals surface area (Å²) in [5.41, 5.74) is 2.02. The number of thiophene rings is 1. The van der Waals surface area contributed by atoms with E-state index in [-0.39, 0.29) is 0 Å². The van der Waals surface area contributed by atoms with Crippen molar-refractivity contribution < 1.29 is 0 Å². The molecule has 0 saturated heterocycles. The molecule has 0 spiro atoms. The molecular weight excluding hydrogens is 312 g/mol. The number of aromatic nitrogens is 3. The monoisotopic (exact) mass is 322 g/mol. The minimum Gasteiger partial charge on any atom is -0.348 e. The second-order valence-electron chi connectivity index (χ2n) is 3.95. The third-order valence-electron chi connectivity index (χ3n) is 2.61. The standard InChI is InChI=1S/C12H11BrN4S/c1-8-3-2-6-17-11(8)15-12(16-17)14-7-9-4-5-10(13)18-9/h2-6H,7H2,1H3,(H,14,16). The Morgan fingerprint density at radius 2 is 2.28 bits per heavy atom. The number of fused-ring (bicyclic) bond motifs is 1. The Balaban J connectivity index is 1.81. The van der Waals surface area contributed by atoms with Gasteiger partial charge in [0.1, 0.15) is 0 Å². The first-order valence-electron chi connectivity index (χ1n) is 5.52. The molecule has 0 aliphatic rings. The molecule has 0 unspecified atom stereocenters. The van der Waals surface area contributed by atoms with E-state index in [4.69, 9.17) is 0 Å². The van der Waals surface area contributed by atoms with Gasteiger partial charge < -0.3 is 5.32 Å². The topological polar surface area (TPSA) is 42.2 Å². The van der Waals surface area contributed by atoms with Gasteiger partial charge in [-0.2, -0.15) is 4.98 Å². The highest BCUT2D eigenvalue weighted by molar-refractivity contribution is 9.11. The smallest absolute Gasteiger partial charge is 0.243 e. The van der Waals surface area contributed by atoms with Crippen molar-refractivity contribution in [2.45, 2.75) is 13.5 Å². The molecular formula is C12H11BrN4S. The van der Waals surface area contributed by atoms with Crippen LogP contribution < -0.4 is 5.32 Å². The van der Waals surface area contributed by atoms with E-state index in [0.717, 1.165) is 21.5 Å². The fourth-order valence-electron chi connectivity index (χ4n) is 1.73. The van der Waals surface area contributed by atoms with Crippen molar-refractivity contribution in [2.75, 3.05) is 5.32 Å². The number of hydrogen-bond donors (Lipinski definition) is 1. The summed E-state index contributed by atoms with van der Waals surface area (Å²) in [6, 6.07) is 8.13. The summed E-state index contributed by atoms with van der Waals surface area (Å²) in [5, 5.41) is 7.62. The first-order valence-corrected chi connectivity index (χ1v) is 7.13. The highest BCUT2D eigenvalue weighted by atomic mass is 79.9. The van der Waals surface area contributed by atoms with E-state index >= 15 is 0 Å². The lowest BCUT2D eigenvalue weighted by molar-refractivity contribution is 0.948. The predicted octanol–water partition coefficient (Wildman–Crippen LogP) is 3.47. The van der Waals surface area contributed by atoms with Gasteiger partial charge in [-0.15, -0.1) is 16.4 Å². The highest BCUT2D eigenvalue weighted by Crippen LogP contribution is 2.22. The second-order valence-corrected chi connectivity index (χ2v) is 6.50. The van der Waals surface area contributed by atoms with Crippen molar-refractivity contribution in [2.24, 2.45) is 0 Å². The van der Waals surface area contributed by atoms with E-state index in [1.807, 2.05) is 31.3 Å². The molecule has 3 aromatic rings. The van der Waals surface area contributed by atoms with E-state index < -0.39 is 0 Å². The molecule has 4 nitrogen and oxygen atoms in total. The van der Waals surface area contributed by atoms with Crippen LogP contribution >= 0.6 is 27.3 Å². The molecule has 0 bridgehead atoms. The maximum Gasteiger partial charge on any atom is 0.243 e. The van der Waals surface area contributed by atoms with Crippen molar-refractivity contribution in [1.29, 1.82) is 0 Å². The summed E-state index contributed by atoms with van der Waals surface area (Å²) in [7, 11) is 0. The molecule has 3 heterocycles. The summed E-state index contributed by atoms with van der Waals surface area (Å²) in [4.78, 5) is 5.72. The second kappa shape index (κ2) is 4.70. The molecule has 0 aliphatic carbocycles. The molecule has 1 N–H and O–H groups in total. The van der Waals surface area contributed by atoms with Gasteiger partial charge in [0.2, 0.25) is 5.95 Å². The zero-order valence-corrected chi connectivity index (χ0v) is 12.1. The summed E-state index contributed by atoms with van der Waals surface area (Å²) < 4.78 is 2.93. The summed E-state index contributed by atoms with van der Waals surface area (Å²) in [5.74, 6) is 0.661. The van der Waals surface area contributed by atoms with Crippen LogP contribution in [0.1, 0.15) is 10.4 Å². The van der Waals surface area contributed by atoms with E-state index in [1.54, 1.807) is 15.9 Å². The molecule has 0 amide bonds. The van der Waals surface area contributed by atoms with Crippen molar-refractivity contribution in [3.8, 4) is 0 Å². The summed E-state index contributed by atoms with van der Waals surface area (Å²) in [6.45, 7) is 2.77. The molecule has 0 aromatic carbocycles. The third-order valence-corrected chi connectivity index (χ3v) is 4.23. The molecule has 18 heavy (non-hydrogen) atoms. The van der Waals surface area contributed by atoms with E-state index in [9.17, 15) is 0 Å². The fraction of sp³-hybridized carbons (Fsp3) is 0.167. The van der Waals surface area contributed by atoms with Crippen molar-refractivity contribution >= 4 is 38.9 Å². The van der Waals surface area contributed by atoms with Gasteiger partial charge in [-0.05, 0) is 46.6 Å². The van der Waals surface area contributed by atoms with Crippen LogP contribution in [-0.4, -0.2) is 14.6 Å². The Kier molecular flexibility index (Phi) is 3.05. The number of nitrogens with zero attached hydrogens (tertiary/aromatic N) is 3. The molecule has 0 saturated carbocycles. The van der Waals surface area contributed by atoms with E-state index in [2.05, 4.69) is 37.4 Å². The van der Waals surface area contributed by atoms with Crippen LogP contribution in [0.4, 0.5) is 5.95 Å². The zero-order valence-electron chi connectivity index (χ0n) is 9.72. The van der Waals surface area contributed by atoms with Gasteiger partial charge in [0.05, 0.1) is 10.3 Å². The zero-order chi connectivity index (χ0) is 12.5. The maximum atomic E-state index is 4.47. The number of halogens is 1. The summed E-state index contributed by atoms with van der Waals surface area (Å²) >= 11 is 5.16. The van der Waals surface area contributed by atoms with Gasteiger partial charge in [0.15, 0.2) is 5.65 Å². The number of aryl methyl sites for hydroxylation is 1. The maximum absolute atomic E-state index is 4.47. The van der Waals surface area contributed by atoms with E-state index in [1.165, 1.54) is 4.88 Å².